The van der Waals surface area contributed by atoms with E-state index in [9.17, 15) is 14.4 Å². The minimum atomic E-state index is -0.232. The Morgan fingerprint density at radius 1 is 1.12 bits per heavy atom. The normalized spacial score (nSPS) is 22.7. The second kappa shape index (κ2) is 6.59. The number of nitrogens with zero attached hydrogens (tertiary/aromatic N) is 1. The van der Waals surface area contributed by atoms with Crippen LogP contribution in [0.25, 0.3) is 0 Å². The number of benzene rings is 1. The van der Waals surface area contributed by atoms with Gasteiger partial charge in [0.25, 0.3) is 0 Å². The van der Waals surface area contributed by atoms with Crippen LogP contribution in [0.1, 0.15) is 30.4 Å². The van der Waals surface area contributed by atoms with E-state index in [-0.39, 0.29) is 42.5 Å². The Bertz CT molecular complexity index is 697. The summed E-state index contributed by atoms with van der Waals surface area (Å²) in [6, 6.07) is 5.73. The Labute approximate surface area is 141 Å². The first-order chi connectivity index (χ1) is 11.5. The van der Waals surface area contributed by atoms with E-state index in [2.05, 4.69) is 5.32 Å². The lowest BCUT2D eigenvalue weighted by Gasteiger charge is -2.15. The predicted octanol–water partition coefficient (Wildman–Crippen LogP) is 2.58. The van der Waals surface area contributed by atoms with Crippen molar-refractivity contribution < 1.29 is 14.4 Å². The summed E-state index contributed by atoms with van der Waals surface area (Å²) in [5.74, 6) is -0.908. The summed E-state index contributed by atoms with van der Waals surface area (Å²) in [5, 5.41) is 2.87. The molecule has 0 spiro atoms. The number of likely N-dealkylation sites (tertiary alicyclic amines) is 1. The van der Waals surface area contributed by atoms with Crippen LogP contribution in [-0.4, -0.2) is 29.2 Å². The molecular formula is C19H22N2O3. The second-order valence-electron chi connectivity index (χ2n) is 6.53. The summed E-state index contributed by atoms with van der Waals surface area (Å²) in [6.45, 7) is 4.10. The van der Waals surface area contributed by atoms with E-state index in [1.54, 1.807) is 0 Å². The van der Waals surface area contributed by atoms with Crippen LogP contribution in [-0.2, 0) is 14.4 Å². The Kier molecular flexibility index (Phi) is 4.51. The van der Waals surface area contributed by atoms with Crippen LogP contribution in [0.15, 0.2) is 30.4 Å². The van der Waals surface area contributed by atoms with Gasteiger partial charge in [-0.05, 0) is 43.9 Å². The molecule has 5 heteroatoms. The van der Waals surface area contributed by atoms with E-state index in [1.807, 2.05) is 44.2 Å². The molecule has 1 aliphatic heterocycles. The van der Waals surface area contributed by atoms with Gasteiger partial charge in [0, 0.05) is 18.7 Å². The van der Waals surface area contributed by atoms with Crippen LogP contribution in [0.3, 0.4) is 0 Å². The van der Waals surface area contributed by atoms with Gasteiger partial charge < -0.3 is 5.32 Å². The molecule has 24 heavy (non-hydrogen) atoms. The van der Waals surface area contributed by atoms with Crippen molar-refractivity contribution in [1.82, 2.24) is 4.90 Å². The van der Waals surface area contributed by atoms with E-state index in [0.717, 1.165) is 16.8 Å². The third-order valence-electron chi connectivity index (χ3n) is 5.04. The van der Waals surface area contributed by atoms with E-state index in [1.165, 1.54) is 4.90 Å². The molecule has 1 aliphatic carbocycles. The summed E-state index contributed by atoms with van der Waals surface area (Å²) in [7, 11) is 0. The molecule has 1 aromatic carbocycles. The number of rotatable bonds is 4. The number of aryl methyl sites for hydroxylation is 1. The van der Waals surface area contributed by atoms with E-state index >= 15 is 0 Å². The first kappa shape index (κ1) is 16.4. The maximum absolute atomic E-state index is 12.4. The minimum Gasteiger partial charge on any atom is -0.326 e. The molecule has 1 heterocycles. The fourth-order valence-electron chi connectivity index (χ4n) is 3.40. The SMILES string of the molecule is Cc1cccc(NC(=O)CCN2C(=O)[C@@H]3CC=CC[C@H]3C2=O)c1C. The van der Waals surface area contributed by atoms with Crippen LogP contribution in [0.2, 0.25) is 0 Å². The molecule has 1 N–H and O–H groups in total. The van der Waals surface area contributed by atoms with E-state index in [4.69, 9.17) is 0 Å². The van der Waals surface area contributed by atoms with Gasteiger partial charge in [0.1, 0.15) is 0 Å². The number of amides is 3. The molecule has 3 amide bonds. The van der Waals surface area contributed by atoms with Gasteiger partial charge in [0.05, 0.1) is 11.8 Å². The van der Waals surface area contributed by atoms with Crippen LogP contribution in [0.4, 0.5) is 5.69 Å². The fraction of sp³-hybridized carbons (Fsp3) is 0.421. The van der Waals surface area contributed by atoms with Crippen molar-refractivity contribution in [3.8, 4) is 0 Å². The summed E-state index contributed by atoms with van der Waals surface area (Å²) in [5.41, 5.74) is 2.91. The molecule has 1 fully saturated rings. The minimum absolute atomic E-state index is 0.123. The van der Waals surface area contributed by atoms with Gasteiger partial charge in [-0.15, -0.1) is 0 Å². The van der Waals surface area contributed by atoms with Gasteiger partial charge in [0.2, 0.25) is 17.7 Å². The Balaban J connectivity index is 1.59. The van der Waals surface area contributed by atoms with Gasteiger partial charge in [-0.2, -0.15) is 0 Å². The monoisotopic (exact) mass is 326 g/mol. The number of anilines is 1. The van der Waals surface area contributed by atoms with Crippen molar-refractivity contribution in [2.45, 2.75) is 33.1 Å². The Morgan fingerprint density at radius 3 is 2.38 bits per heavy atom. The number of hydrogen-bond acceptors (Lipinski definition) is 3. The molecule has 5 nitrogen and oxygen atoms in total. The maximum Gasteiger partial charge on any atom is 0.233 e. The third kappa shape index (κ3) is 2.98. The number of nitrogens with one attached hydrogen (secondary N) is 1. The lowest BCUT2D eigenvalue weighted by molar-refractivity contribution is -0.140. The molecule has 126 valence electrons. The quantitative estimate of drug-likeness (QED) is 0.683. The van der Waals surface area contributed by atoms with Crippen LogP contribution in [0.5, 0.6) is 0 Å². The van der Waals surface area contributed by atoms with Gasteiger partial charge in [-0.25, -0.2) is 0 Å². The highest BCUT2D eigenvalue weighted by atomic mass is 16.2. The molecule has 1 aromatic rings. The topological polar surface area (TPSA) is 66.5 Å². The lowest BCUT2D eigenvalue weighted by atomic mass is 9.85. The van der Waals surface area contributed by atoms with Crippen LogP contribution in [0, 0.1) is 25.7 Å². The van der Waals surface area contributed by atoms with Crippen molar-refractivity contribution in [2.75, 3.05) is 11.9 Å². The van der Waals surface area contributed by atoms with Crippen molar-refractivity contribution in [2.24, 2.45) is 11.8 Å². The average molecular weight is 326 g/mol. The highest BCUT2D eigenvalue weighted by Gasteiger charge is 2.46. The summed E-state index contributed by atoms with van der Waals surface area (Å²) in [6.07, 6.45) is 5.30. The molecule has 2 aliphatic rings. The number of imide groups is 1. The maximum atomic E-state index is 12.4. The standard InChI is InChI=1S/C19H22N2O3/c1-12-6-5-9-16(13(12)2)20-17(22)10-11-21-18(23)14-7-3-4-8-15(14)19(21)24/h3-6,9,14-15H,7-8,10-11H2,1-2H3,(H,20,22)/t14-,15-/m1/s1. The Morgan fingerprint density at radius 2 is 1.75 bits per heavy atom. The van der Waals surface area contributed by atoms with Crippen molar-refractivity contribution in [1.29, 1.82) is 0 Å². The molecule has 0 aromatic heterocycles. The number of carbonyl (C=O) groups excluding carboxylic acids is 3. The second-order valence-corrected chi connectivity index (χ2v) is 6.53. The first-order valence-electron chi connectivity index (χ1n) is 8.35. The number of hydrogen-bond donors (Lipinski definition) is 1. The zero-order chi connectivity index (χ0) is 17.3. The molecule has 0 unspecified atom stereocenters. The molecule has 2 atom stereocenters. The van der Waals surface area contributed by atoms with Crippen LogP contribution >= 0.6 is 0 Å². The summed E-state index contributed by atoms with van der Waals surface area (Å²) < 4.78 is 0. The lowest BCUT2D eigenvalue weighted by Crippen LogP contribution is -2.34. The van der Waals surface area contributed by atoms with Gasteiger partial charge in [-0.1, -0.05) is 24.3 Å². The largest absolute Gasteiger partial charge is 0.326 e. The third-order valence-corrected chi connectivity index (χ3v) is 5.04. The van der Waals surface area contributed by atoms with Gasteiger partial charge in [0.15, 0.2) is 0 Å². The van der Waals surface area contributed by atoms with Gasteiger partial charge >= 0.3 is 0 Å². The smallest absolute Gasteiger partial charge is 0.233 e. The van der Waals surface area contributed by atoms with Crippen molar-refractivity contribution in [3.63, 3.8) is 0 Å². The molecule has 3 rings (SSSR count). The van der Waals surface area contributed by atoms with Crippen molar-refractivity contribution >= 4 is 23.4 Å². The molecule has 0 bridgehead atoms. The fourth-order valence-corrected chi connectivity index (χ4v) is 3.40. The molecule has 0 radical (unpaired) electrons. The van der Waals surface area contributed by atoms with Crippen LogP contribution < -0.4 is 5.32 Å². The first-order valence-corrected chi connectivity index (χ1v) is 8.35. The predicted molar refractivity (Wildman–Crippen MR) is 91.2 cm³/mol. The Hall–Kier alpha value is -2.43. The van der Waals surface area contributed by atoms with E-state index < -0.39 is 0 Å². The van der Waals surface area contributed by atoms with Crippen molar-refractivity contribution in [3.05, 3.63) is 41.5 Å². The van der Waals surface area contributed by atoms with E-state index in [0.29, 0.717) is 12.8 Å². The molecular weight excluding hydrogens is 304 g/mol. The average Bonchev–Trinajstić information content (AvgIpc) is 2.82. The van der Waals surface area contributed by atoms with Gasteiger partial charge in [-0.3, -0.25) is 19.3 Å². The number of fused-ring (bicyclic) bond motifs is 1. The highest BCUT2D eigenvalue weighted by molar-refractivity contribution is 6.05. The zero-order valence-electron chi connectivity index (χ0n) is 14.0. The number of carbonyl (C=O) groups is 3. The molecule has 1 saturated heterocycles. The highest BCUT2D eigenvalue weighted by Crippen LogP contribution is 2.35. The summed E-state index contributed by atoms with van der Waals surface area (Å²) in [4.78, 5) is 38.2. The zero-order valence-corrected chi connectivity index (χ0v) is 14.0. The number of allylic oxidation sites excluding steroid dienone is 2. The molecule has 0 saturated carbocycles. The summed E-state index contributed by atoms with van der Waals surface area (Å²) >= 11 is 0.